The van der Waals surface area contributed by atoms with E-state index in [0.717, 1.165) is 24.9 Å². The lowest BCUT2D eigenvalue weighted by atomic mass is 9.89. The van der Waals surface area contributed by atoms with Gasteiger partial charge in [0.2, 0.25) is 10.0 Å². The van der Waals surface area contributed by atoms with Crippen molar-refractivity contribution in [2.45, 2.75) is 38.0 Å². The van der Waals surface area contributed by atoms with Crippen molar-refractivity contribution in [1.29, 1.82) is 0 Å². The van der Waals surface area contributed by atoms with E-state index in [1.165, 1.54) is 0 Å². The number of hydrogen-bond donors (Lipinski definition) is 1. The first-order valence-electron chi connectivity index (χ1n) is 7.73. The molecular weight excluding hydrogens is 284 g/mol. The van der Waals surface area contributed by atoms with Gasteiger partial charge in [-0.2, -0.15) is 4.31 Å². The molecule has 5 heteroatoms. The van der Waals surface area contributed by atoms with Crippen molar-refractivity contribution >= 4 is 15.7 Å². The topological polar surface area (TPSA) is 49.4 Å². The predicted octanol–water partition coefficient (Wildman–Crippen LogP) is 3.18. The van der Waals surface area contributed by atoms with Crippen LogP contribution in [0.2, 0.25) is 0 Å². The summed E-state index contributed by atoms with van der Waals surface area (Å²) in [6.45, 7) is 5.73. The molecule has 1 aliphatic heterocycles. The van der Waals surface area contributed by atoms with Crippen molar-refractivity contribution in [3.05, 3.63) is 24.3 Å². The van der Waals surface area contributed by atoms with E-state index in [0.29, 0.717) is 29.8 Å². The van der Waals surface area contributed by atoms with Crippen LogP contribution in [0.4, 0.5) is 5.69 Å². The molecule has 1 aromatic carbocycles. The Kier molecular flexibility index (Phi) is 5.27. The minimum atomic E-state index is -3.35. The molecule has 0 radical (unpaired) electrons. The summed E-state index contributed by atoms with van der Waals surface area (Å²) in [5, 5.41) is 3.00. The molecule has 1 N–H and O–H groups in total. The van der Waals surface area contributed by atoms with Crippen LogP contribution in [-0.2, 0) is 10.0 Å². The monoisotopic (exact) mass is 310 g/mol. The van der Waals surface area contributed by atoms with Gasteiger partial charge in [-0.15, -0.1) is 0 Å². The van der Waals surface area contributed by atoms with Crippen molar-refractivity contribution in [2.75, 3.05) is 25.5 Å². The molecule has 0 aromatic heterocycles. The summed E-state index contributed by atoms with van der Waals surface area (Å²) in [7, 11) is -1.53. The van der Waals surface area contributed by atoms with E-state index in [1.807, 2.05) is 19.2 Å². The number of nitrogens with one attached hydrogen (secondary N) is 1. The third kappa shape index (κ3) is 3.77. The normalized spacial score (nSPS) is 21.2. The van der Waals surface area contributed by atoms with E-state index in [9.17, 15) is 8.42 Å². The summed E-state index contributed by atoms with van der Waals surface area (Å²) in [4.78, 5) is 0.393. The van der Waals surface area contributed by atoms with Gasteiger partial charge in [0.1, 0.15) is 0 Å². The Morgan fingerprint density at radius 3 is 2.38 bits per heavy atom. The number of sulfonamides is 1. The summed E-state index contributed by atoms with van der Waals surface area (Å²) in [6.07, 6.45) is 3.05. The molecule has 0 spiro atoms. The number of anilines is 1. The van der Waals surface area contributed by atoms with E-state index >= 15 is 0 Å². The maximum absolute atomic E-state index is 12.7. The highest BCUT2D eigenvalue weighted by Gasteiger charge is 2.28. The molecule has 1 saturated heterocycles. The Balaban J connectivity index is 2.15. The van der Waals surface area contributed by atoms with Crippen molar-refractivity contribution in [2.24, 2.45) is 11.8 Å². The standard InChI is InChI=1S/C16H26N2O2S/c1-13(2)14-5-4-11-18(12-10-14)21(19,20)16-8-6-15(17-3)7-9-16/h6-9,13-14,17H,4-5,10-12H2,1-3H3. The third-order valence-corrected chi connectivity index (χ3v) is 6.37. The molecule has 4 nitrogen and oxygen atoms in total. The lowest BCUT2D eigenvalue weighted by Gasteiger charge is -2.21. The zero-order valence-electron chi connectivity index (χ0n) is 13.2. The van der Waals surface area contributed by atoms with Gasteiger partial charge < -0.3 is 5.32 Å². The highest BCUT2D eigenvalue weighted by Crippen LogP contribution is 2.27. The van der Waals surface area contributed by atoms with Crippen LogP contribution in [0.25, 0.3) is 0 Å². The Labute approximate surface area is 128 Å². The van der Waals surface area contributed by atoms with Gasteiger partial charge in [-0.25, -0.2) is 8.42 Å². The molecule has 1 unspecified atom stereocenters. The van der Waals surface area contributed by atoms with Crippen LogP contribution in [0.15, 0.2) is 29.2 Å². The SMILES string of the molecule is CNc1ccc(S(=O)(=O)N2CCCC(C(C)C)CC2)cc1. The Bertz CT molecular complexity index is 552. The maximum atomic E-state index is 12.7. The zero-order chi connectivity index (χ0) is 15.5. The largest absolute Gasteiger partial charge is 0.388 e. The molecule has 0 amide bonds. The summed E-state index contributed by atoms with van der Waals surface area (Å²) in [5.74, 6) is 1.26. The zero-order valence-corrected chi connectivity index (χ0v) is 14.0. The van der Waals surface area contributed by atoms with Crippen molar-refractivity contribution in [3.63, 3.8) is 0 Å². The molecule has 1 aromatic rings. The molecule has 0 aliphatic carbocycles. The Morgan fingerprint density at radius 2 is 1.81 bits per heavy atom. The molecule has 0 saturated carbocycles. The van der Waals surface area contributed by atoms with Crippen molar-refractivity contribution < 1.29 is 8.42 Å². The molecule has 21 heavy (non-hydrogen) atoms. The minimum Gasteiger partial charge on any atom is -0.388 e. The van der Waals surface area contributed by atoms with Crippen LogP contribution in [-0.4, -0.2) is 32.9 Å². The van der Waals surface area contributed by atoms with Crippen LogP contribution in [0.3, 0.4) is 0 Å². The average molecular weight is 310 g/mol. The summed E-state index contributed by atoms with van der Waals surface area (Å²) >= 11 is 0. The van der Waals surface area contributed by atoms with Gasteiger partial charge in [0.05, 0.1) is 4.90 Å². The van der Waals surface area contributed by atoms with Gasteiger partial charge in [0, 0.05) is 25.8 Å². The maximum Gasteiger partial charge on any atom is 0.243 e. The van der Waals surface area contributed by atoms with Crippen molar-refractivity contribution in [3.8, 4) is 0 Å². The Hall–Kier alpha value is -1.07. The molecule has 1 aliphatic rings. The van der Waals surface area contributed by atoms with Gasteiger partial charge in [0.25, 0.3) is 0 Å². The fraction of sp³-hybridized carbons (Fsp3) is 0.625. The van der Waals surface area contributed by atoms with E-state index in [4.69, 9.17) is 0 Å². The molecule has 1 fully saturated rings. The van der Waals surface area contributed by atoms with E-state index in [-0.39, 0.29) is 0 Å². The highest BCUT2D eigenvalue weighted by atomic mass is 32.2. The average Bonchev–Trinajstić information content (AvgIpc) is 2.73. The fourth-order valence-corrected chi connectivity index (χ4v) is 4.44. The fourth-order valence-electron chi connectivity index (χ4n) is 2.95. The third-order valence-electron chi connectivity index (χ3n) is 4.46. The first-order valence-corrected chi connectivity index (χ1v) is 9.17. The van der Waals surface area contributed by atoms with E-state index < -0.39 is 10.0 Å². The summed E-state index contributed by atoms with van der Waals surface area (Å²) < 4.78 is 27.1. The van der Waals surface area contributed by atoms with Crippen LogP contribution in [0, 0.1) is 11.8 Å². The quantitative estimate of drug-likeness (QED) is 0.929. The number of benzene rings is 1. The van der Waals surface area contributed by atoms with Crippen LogP contribution in [0.1, 0.15) is 33.1 Å². The van der Waals surface area contributed by atoms with E-state index in [1.54, 1.807) is 16.4 Å². The molecule has 1 atom stereocenters. The van der Waals surface area contributed by atoms with Gasteiger partial charge in [-0.3, -0.25) is 0 Å². The molecule has 1 heterocycles. The predicted molar refractivity (Wildman–Crippen MR) is 86.9 cm³/mol. The highest BCUT2D eigenvalue weighted by molar-refractivity contribution is 7.89. The van der Waals surface area contributed by atoms with Gasteiger partial charge in [0.15, 0.2) is 0 Å². The van der Waals surface area contributed by atoms with Gasteiger partial charge >= 0.3 is 0 Å². The molecular formula is C16H26N2O2S. The lowest BCUT2D eigenvalue weighted by Crippen LogP contribution is -2.32. The van der Waals surface area contributed by atoms with Crippen LogP contribution >= 0.6 is 0 Å². The lowest BCUT2D eigenvalue weighted by molar-refractivity contribution is 0.341. The second kappa shape index (κ2) is 6.79. The number of rotatable bonds is 4. The number of hydrogen-bond acceptors (Lipinski definition) is 3. The van der Waals surface area contributed by atoms with Gasteiger partial charge in [-0.1, -0.05) is 13.8 Å². The van der Waals surface area contributed by atoms with E-state index in [2.05, 4.69) is 19.2 Å². The van der Waals surface area contributed by atoms with Crippen molar-refractivity contribution in [1.82, 2.24) is 4.31 Å². The second-order valence-corrected chi connectivity index (χ2v) is 8.05. The summed E-state index contributed by atoms with van der Waals surface area (Å²) in [5.41, 5.74) is 0.921. The number of nitrogens with zero attached hydrogens (tertiary/aromatic N) is 1. The van der Waals surface area contributed by atoms with Crippen LogP contribution < -0.4 is 5.32 Å². The molecule has 0 bridgehead atoms. The van der Waals surface area contributed by atoms with Gasteiger partial charge in [-0.05, 0) is 55.4 Å². The second-order valence-electron chi connectivity index (χ2n) is 6.11. The Morgan fingerprint density at radius 1 is 1.14 bits per heavy atom. The summed E-state index contributed by atoms with van der Waals surface area (Å²) in [6, 6.07) is 6.99. The minimum absolute atomic E-state index is 0.393. The molecule has 2 rings (SSSR count). The molecule has 118 valence electrons. The smallest absolute Gasteiger partial charge is 0.243 e. The first-order chi connectivity index (χ1) is 9.95. The van der Waals surface area contributed by atoms with Crippen LogP contribution in [0.5, 0.6) is 0 Å². The first kappa shape index (κ1) is 16.3.